The highest BCUT2D eigenvalue weighted by Gasteiger charge is 2.31. The second-order valence-corrected chi connectivity index (χ2v) is 10.5. The Morgan fingerprint density at radius 3 is 2.46 bits per heavy atom. The summed E-state index contributed by atoms with van der Waals surface area (Å²) in [6.45, 7) is 8.32. The van der Waals surface area contributed by atoms with Crippen molar-refractivity contribution < 1.29 is 14.3 Å². The highest BCUT2D eigenvalue weighted by atomic mass is 16.6. The molecule has 1 saturated carbocycles. The fraction of sp³-hybridized carbons (Fsp3) is 0.500. The van der Waals surface area contributed by atoms with Gasteiger partial charge < -0.3 is 19.9 Å². The molecule has 0 unspecified atom stereocenters. The van der Waals surface area contributed by atoms with Crippen LogP contribution < -0.4 is 21.9 Å². The lowest BCUT2D eigenvalue weighted by Crippen LogP contribution is -2.48. The maximum absolute atomic E-state index is 12.8. The Morgan fingerprint density at radius 1 is 1.16 bits per heavy atom. The molecule has 2 aromatic heterocycles. The Labute approximate surface area is 214 Å². The minimum atomic E-state index is -0.654. The largest absolute Gasteiger partial charge is 0.444 e. The van der Waals surface area contributed by atoms with E-state index in [1.165, 1.54) is 4.57 Å². The zero-order valence-electron chi connectivity index (χ0n) is 21.7. The number of fused-ring (bicyclic) bond motifs is 1. The first-order valence-corrected chi connectivity index (χ1v) is 12.6. The molecule has 1 aliphatic carbocycles. The lowest BCUT2D eigenvalue weighted by Gasteiger charge is -2.23. The molecule has 0 aliphatic heterocycles. The van der Waals surface area contributed by atoms with Crippen LogP contribution >= 0.6 is 0 Å². The lowest BCUT2D eigenvalue weighted by molar-refractivity contribution is -0.123. The lowest BCUT2D eigenvalue weighted by atomic mass is 10.1. The molecule has 0 spiro atoms. The molecule has 1 aromatic carbocycles. The molecule has 1 atom stereocenters. The molecule has 3 N–H and O–H groups in total. The summed E-state index contributed by atoms with van der Waals surface area (Å²) in [5, 5.41) is 5.61. The van der Waals surface area contributed by atoms with Crippen molar-refractivity contribution in [2.45, 2.75) is 78.2 Å². The predicted octanol–water partition coefficient (Wildman–Crippen LogP) is 2.26. The Bertz CT molecular complexity index is 1390. The van der Waals surface area contributed by atoms with E-state index in [0.717, 1.165) is 24.0 Å². The number of aromatic nitrogens is 4. The van der Waals surface area contributed by atoms with Gasteiger partial charge in [-0.05, 0) is 51.2 Å². The van der Waals surface area contributed by atoms with Crippen molar-refractivity contribution in [2.24, 2.45) is 5.92 Å². The van der Waals surface area contributed by atoms with Crippen LogP contribution in [-0.2, 0) is 29.2 Å². The summed E-state index contributed by atoms with van der Waals surface area (Å²) in [6, 6.07) is 6.81. The highest BCUT2D eigenvalue weighted by Crippen LogP contribution is 2.33. The van der Waals surface area contributed by atoms with Crippen LogP contribution in [0.2, 0.25) is 0 Å². The standard InChI is InChI=1S/C26H34N6O5/c1-5-31-15-28-21-20(31)23(34)30-24(35)32(21)14-18-10-8-17(9-11-18)13-27-22(33)19(12-16-6-7-16)29-25(36)37-26(2,3)4/h8-11,15-16,19H,5-7,12-14H2,1-4H3,(H,27,33)(H,29,36)(H,30,34,35)/t19-/m0/s1. The van der Waals surface area contributed by atoms with Gasteiger partial charge >= 0.3 is 11.8 Å². The molecule has 37 heavy (non-hydrogen) atoms. The topological polar surface area (TPSA) is 140 Å². The summed E-state index contributed by atoms with van der Waals surface area (Å²) in [4.78, 5) is 56.4. The van der Waals surface area contributed by atoms with Crippen molar-refractivity contribution in [1.29, 1.82) is 0 Å². The Kier molecular flexibility index (Phi) is 7.51. The van der Waals surface area contributed by atoms with E-state index >= 15 is 0 Å². The summed E-state index contributed by atoms with van der Waals surface area (Å²) in [7, 11) is 0. The average molecular weight is 511 g/mol. The maximum atomic E-state index is 12.8. The molecule has 4 rings (SSSR count). The number of alkyl carbamates (subject to hydrolysis) is 1. The number of ether oxygens (including phenoxy) is 1. The number of H-pyrrole nitrogens is 1. The first kappa shape index (κ1) is 26.2. The molecular formula is C26H34N6O5. The van der Waals surface area contributed by atoms with Gasteiger partial charge in [-0.25, -0.2) is 14.6 Å². The number of imidazole rings is 1. The normalized spacial score (nSPS) is 14.4. The van der Waals surface area contributed by atoms with Crippen LogP contribution in [0.15, 0.2) is 40.2 Å². The van der Waals surface area contributed by atoms with E-state index in [-0.39, 0.29) is 12.5 Å². The van der Waals surface area contributed by atoms with Crippen LogP contribution in [0, 0.1) is 5.92 Å². The molecule has 2 heterocycles. The van der Waals surface area contributed by atoms with Gasteiger partial charge in [-0.3, -0.25) is 19.1 Å². The van der Waals surface area contributed by atoms with Crippen molar-refractivity contribution in [3.05, 3.63) is 62.6 Å². The van der Waals surface area contributed by atoms with Gasteiger partial charge in [0.1, 0.15) is 11.6 Å². The number of hydrogen-bond donors (Lipinski definition) is 3. The van der Waals surface area contributed by atoms with Crippen molar-refractivity contribution in [1.82, 2.24) is 29.7 Å². The van der Waals surface area contributed by atoms with Gasteiger partial charge in [0.25, 0.3) is 5.56 Å². The molecule has 2 amide bonds. The fourth-order valence-electron chi connectivity index (χ4n) is 4.13. The second-order valence-electron chi connectivity index (χ2n) is 10.5. The third-order valence-corrected chi connectivity index (χ3v) is 6.20. The molecular weight excluding hydrogens is 476 g/mol. The number of aryl methyl sites for hydroxylation is 1. The first-order valence-electron chi connectivity index (χ1n) is 12.6. The van der Waals surface area contributed by atoms with Gasteiger partial charge in [-0.1, -0.05) is 37.1 Å². The molecule has 198 valence electrons. The Morgan fingerprint density at radius 2 is 1.84 bits per heavy atom. The Hall–Kier alpha value is -3.89. The zero-order valence-corrected chi connectivity index (χ0v) is 21.7. The van der Waals surface area contributed by atoms with E-state index in [1.807, 2.05) is 31.2 Å². The van der Waals surface area contributed by atoms with Crippen LogP contribution in [0.5, 0.6) is 0 Å². The molecule has 0 saturated heterocycles. The van der Waals surface area contributed by atoms with E-state index < -0.39 is 29.0 Å². The molecule has 11 heteroatoms. The summed E-state index contributed by atoms with van der Waals surface area (Å²) in [5.74, 6) is 0.187. The van der Waals surface area contributed by atoms with Gasteiger partial charge in [0.05, 0.1) is 12.9 Å². The molecule has 11 nitrogen and oxygen atoms in total. The smallest absolute Gasteiger partial charge is 0.408 e. The van der Waals surface area contributed by atoms with E-state index in [1.54, 1.807) is 31.7 Å². The summed E-state index contributed by atoms with van der Waals surface area (Å²) in [6.07, 6.45) is 3.65. The van der Waals surface area contributed by atoms with Gasteiger partial charge in [-0.2, -0.15) is 0 Å². The van der Waals surface area contributed by atoms with Crippen LogP contribution in [0.4, 0.5) is 4.79 Å². The van der Waals surface area contributed by atoms with Gasteiger partial charge in [-0.15, -0.1) is 0 Å². The number of carbonyl (C=O) groups excluding carboxylic acids is 2. The highest BCUT2D eigenvalue weighted by molar-refractivity contribution is 5.85. The number of amides is 2. The number of benzene rings is 1. The number of rotatable bonds is 9. The SMILES string of the molecule is CCn1cnc2c1c(=O)[nH]c(=O)n2Cc1ccc(CNC(=O)[C@H](CC2CC2)NC(=O)OC(C)(C)C)cc1. The number of carbonyl (C=O) groups is 2. The van der Waals surface area contributed by atoms with Crippen LogP contribution in [0.3, 0.4) is 0 Å². The molecule has 1 fully saturated rings. The van der Waals surface area contributed by atoms with Gasteiger partial charge in [0.15, 0.2) is 11.2 Å². The monoisotopic (exact) mass is 510 g/mol. The van der Waals surface area contributed by atoms with E-state index in [9.17, 15) is 19.2 Å². The first-order chi connectivity index (χ1) is 17.5. The number of hydrogen-bond acceptors (Lipinski definition) is 6. The van der Waals surface area contributed by atoms with E-state index in [2.05, 4.69) is 20.6 Å². The number of nitrogens with zero attached hydrogens (tertiary/aromatic N) is 3. The van der Waals surface area contributed by atoms with E-state index in [0.29, 0.717) is 36.6 Å². The van der Waals surface area contributed by atoms with Gasteiger partial charge in [0.2, 0.25) is 5.91 Å². The third-order valence-electron chi connectivity index (χ3n) is 6.20. The second kappa shape index (κ2) is 10.6. The molecule has 0 radical (unpaired) electrons. The molecule has 1 aliphatic rings. The van der Waals surface area contributed by atoms with E-state index in [4.69, 9.17) is 4.74 Å². The van der Waals surface area contributed by atoms with Crippen molar-refractivity contribution >= 4 is 23.2 Å². The van der Waals surface area contributed by atoms with Crippen molar-refractivity contribution in [3.8, 4) is 0 Å². The Balaban J connectivity index is 1.40. The quantitative estimate of drug-likeness (QED) is 0.403. The zero-order chi connectivity index (χ0) is 26.7. The summed E-state index contributed by atoms with van der Waals surface area (Å²) >= 11 is 0. The number of nitrogens with one attached hydrogen (secondary N) is 3. The summed E-state index contributed by atoms with van der Waals surface area (Å²) in [5.41, 5.74) is 0.795. The van der Waals surface area contributed by atoms with Crippen LogP contribution in [0.25, 0.3) is 11.2 Å². The van der Waals surface area contributed by atoms with Crippen molar-refractivity contribution in [2.75, 3.05) is 0 Å². The third kappa shape index (κ3) is 6.66. The maximum Gasteiger partial charge on any atom is 0.408 e. The predicted molar refractivity (Wildman–Crippen MR) is 138 cm³/mol. The molecule has 0 bridgehead atoms. The fourth-order valence-corrected chi connectivity index (χ4v) is 4.13. The summed E-state index contributed by atoms with van der Waals surface area (Å²) < 4.78 is 8.45. The van der Waals surface area contributed by atoms with Crippen LogP contribution in [-0.4, -0.2) is 42.7 Å². The minimum absolute atomic E-state index is 0.239. The van der Waals surface area contributed by atoms with Crippen LogP contribution in [0.1, 0.15) is 58.1 Å². The average Bonchev–Trinajstić information content (AvgIpc) is 3.54. The minimum Gasteiger partial charge on any atom is -0.444 e. The number of aromatic amines is 1. The van der Waals surface area contributed by atoms with Crippen molar-refractivity contribution in [3.63, 3.8) is 0 Å². The van der Waals surface area contributed by atoms with Gasteiger partial charge in [0, 0.05) is 13.1 Å². The molecule has 3 aromatic rings.